The van der Waals surface area contributed by atoms with Gasteiger partial charge in [-0.3, -0.25) is 9.69 Å². The van der Waals surface area contributed by atoms with Crippen LogP contribution in [-0.2, 0) is 16.9 Å². The maximum absolute atomic E-state index is 11.4. The molecule has 3 nitrogen and oxygen atoms in total. The summed E-state index contributed by atoms with van der Waals surface area (Å²) in [6, 6.07) is 18.3. The van der Waals surface area contributed by atoms with Crippen molar-refractivity contribution in [2.24, 2.45) is 0 Å². The summed E-state index contributed by atoms with van der Waals surface area (Å²) in [5, 5.41) is 0. The number of nitrogens with zero attached hydrogens (tertiary/aromatic N) is 1. The zero-order chi connectivity index (χ0) is 16.1. The highest BCUT2D eigenvalue weighted by molar-refractivity contribution is 5.77. The van der Waals surface area contributed by atoms with Crippen molar-refractivity contribution in [3.05, 3.63) is 71.3 Å². The van der Waals surface area contributed by atoms with Crippen LogP contribution in [0.4, 0.5) is 0 Å². The van der Waals surface area contributed by atoms with Gasteiger partial charge in [-0.1, -0.05) is 54.6 Å². The molecule has 0 saturated carbocycles. The molecule has 120 valence electrons. The highest BCUT2D eigenvalue weighted by Gasteiger charge is 2.37. The molecule has 1 aliphatic heterocycles. The molecule has 0 unspecified atom stereocenters. The third-order valence-corrected chi connectivity index (χ3v) is 4.88. The molecule has 3 heteroatoms. The number of rotatable bonds is 5. The second kappa shape index (κ2) is 7.07. The van der Waals surface area contributed by atoms with E-state index in [0.29, 0.717) is 0 Å². The Balaban J connectivity index is 1.73. The van der Waals surface area contributed by atoms with Gasteiger partial charge in [-0.2, -0.15) is 0 Å². The first-order valence-corrected chi connectivity index (χ1v) is 8.13. The third kappa shape index (κ3) is 3.36. The summed E-state index contributed by atoms with van der Waals surface area (Å²) < 4.78 is 5.92. The van der Waals surface area contributed by atoms with Gasteiger partial charge in [0.05, 0.1) is 5.60 Å². The Hall–Kier alpha value is -1.97. The highest BCUT2D eigenvalue weighted by atomic mass is 16.5. The minimum atomic E-state index is -0.343. The van der Waals surface area contributed by atoms with Crippen LogP contribution in [0.3, 0.4) is 0 Å². The van der Waals surface area contributed by atoms with E-state index in [4.69, 9.17) is 4.74 Å². The molecule has 2 aromatic rings. The summed E-state index contributed by atoms with van der Waals surface area (Å²) in [5.74, 6) is 0. The molecule has 1 aliphatic rings. The van der Waals surface area contributed by atoms with Gasteiger partial charge in [-0.15, -0.1) is 0 Å². The van der Waals surface area contributed by atoms with Crippen LogP contribution < -0.4 is 0 Å². The van der Waals surface area contributed by atoms with Gasteiger partial charge in [-0.05, 0) is 24.0 Å². The minimum Gasteiger partial charge on any atom is -0.373 e. The molecule has 0 N–H and O–H groups in total. The Kier molecular flexibility index (Phi) is 4.89. The Labute approximate surface area is 137 Å². The fourth-order valence-electron chi connectivity index (χ4n) is 3.51. The number of methoxy groups -OCH3 is 1. The molecule has 0 spiro atoms. The standard InChI is InChI=1S/C20H23NO2/c1-23-20(19-10-6-5-9-18(19)16-22)11-13-21(14-12-20)15-17-7-3-2-4-8-17/h2-10,16H,11-15H2,1H3. The van der Waals surface area contributed by atoms with E-state index in [1.54, 1.807) is 7.11 Å². The average molecular weight is 309 g/mol. The summed E-state index contributed by atoms with van der Waals surface area (Å²) in [7, 11) is 1.76. The number of carbonyl (C=O) groups excluding carboxylic acids is 1. The van der Waals surface area contributed by atoms with Crippen LogP contribution >= 0.6 is 0 Å². The van der Waals surface area contributed by atoms with E-state index in [0.717, 1.165) is 49.9 Å². The van der Waals surface area contributed by atoms with Crippen LogP contribution in [0.1, 0.15) is 34.3 Å². The molecule has 1 saturated heterocycles. The molecular weight excluding hydrogens is 286 g/mol. The fourth-order valence-corrected chi connectivity index (χ4v) is 3.51. The number of likely N-dealkylation sites (tertiary alicyclic amines) is 1. The van der Waals surface area contributed by atoms with Gasteiger partial charge in [-0.25, -0.2) is 0 Å². The van der Waals surface area contributed by atoms with E-state index >= 15 is 0 Å². The van der Waals surface area contributed by atoms with Gasteiger partial charge in [0.2, 0.25) is 0 Å². The normalized spacial score (nSPS) is 17.8. The van der Waals surface area contributed by atoms with E-state index in [9.17, 15) is 4.79 Å². The molecule has 0 amide bonds. The molecule has 0 aliphatic carbocycles. The van der Waals surface area contributed by atoms with Crippen molar-refractivity contribution in [2.45, 2.75) is 25.0 Å². The van der Waals surface area contributed by atoms with E-state index in [1.165, 1.54) is 5.56 Å². The van der Waals surface area contributed by atoms with Crippen molar-refractivity contribution in [1.29, 1.82) is 0 Å². The van der Waals surface area contributed by atoms with E-state index in [2.05, 4.69) is 29.2 Å². The Bertz CT molecular complexity index is 646. The van der Waals surface area contributed by atoms with E-state index < -0.39 is 0 Å². The van der Waals surface area contributed by atoms with Gasteiger partial charge in [0.25, 0.3) is 0 Å². The largest absolute Gasteiger partial charge is 0.373 e. The zero-order valence-corrected chi connectivity index (χ0v) is 13.6. The summed E-state index contributed by atoms with van der Waals surface area (Å²) in [5.41, 5.74) is 2.76. The molecule has 0 atom stereocenters. The molecule has 2 aromatic carbocycles. The number of carbonyl (C=O) groups is 1. The van der Waals surface area contributed by atoms with E-state index in [1.807, 2.05) is 30.3 Å². The van der Waals surface area contributed by atoms with Crippen molar-refractivity contribution in [2.75, 3.05) is 20.2 Å². The summed E-state index contributed by atoms with van der Waals surface area (Å²) in [4.78, 5) is 13.8. The quantitative estimate of drug-likeness (QED) is 0.790. The second-order valence-corrected chi connectivity index (χ2v) is 6.17. The number of piperidine rings is 1. The first kappa shape index (κ1) is 15.9. The first-order chi connectivity index (χ1) is 11.3. The van der Waals surface area contributed by atoms with Crippen molar-refractivity contribution >= 4 is 6.29 Å². The van der Waals surface area contributed by atoms with Crippen LogP contribution in [0.15, 0.2) is 54.6 Å². The Morgan fingerprint density at radius 1 is 1.04 bits per heavy atom. The van der Waals surface area contributed by atoms with Gasteiger partial charge in [0.1, 0.15) is 6.29 Å². The number of hydrogen-bond donors (Lipinski definition) is 0. The minimum absolute atomic E-state index is 0.343. The van der Waals surface area contributed by atoms with Crippen LogP contribution in [0.2, 0.25) is 0 Å². The maximum atomic E-state index is 11.4. The van der Waals surface area contributed by atoms with Crippen LogP contribution in [0.25, 0.3) is 0 Å². The lowest BCUT2D eigenvalue weighted by Gasteiger charge is -2.41. The number of hydrogen-bond acceptors (Lipinski definition) is 3. The molecule has 0 bridgehead atoms. The SMILES string of the molecule is COC1(c2ccccc2C=O)CCN(Cc2ccccc2)CC1. The molecular formula is C20H23NO2. The average Bonchev–Trinajstić information content (AvgIpc) is 2.63. The lowest BCUT2D eigenvalue weighted by Crippen LogP contribution is -2.43. The second-order valence-electron chi connectivity index (χ2n) is 6.17. The van der Waals surface area contributed by atoms with Crippen molar-refractivity contribution in [3.8, 4) is 0 Å². The van der Waals surface area contributed by atoms with Gasteiger partial charge < -0.3 is 4.74 Å². The Morgan fingerprint density at radius 2 is 1.70 bits per heavy atom. The van der Waals surface area contributed by atoms with E-state index in [-0.39, 0.29) is 5.60 Å². The molecule has 23 heavy (non-hydrogen) atoms. The van der Waals surface area contributed by atoms with Crippen LogP contribution in [0, 0.1) is 0 Å². The lowest BCUT2D eigenvalue weighted by atomic mass is 9.81. The maximum Gasteiger partial charge on any atom is 0.150 e. The van der Waals surface area contributed by atoms with Crippen LogP contribution in [0.5, 0.6) is 0 Å². The van der Waals surface area contributed by atoms with Crippen LogP contribution in [-0.4, -0.2) is 31.4 Å². The predicted molar refractivity (Wildman–Crippen MR) is 91.5 cm³/mol. The predicted octanol–water partition coefficient (Wildman–Crippen LogP) is 3.64. The molecule has 0 radical (unpaired) electrons. The van der Waals surface area contributed by atoms with Crippen molar-refractivity contribution in [3.63, 3.8) is 0 Å². The van der Waals surface area contributed by atoms with Crippen molar-refractivity contribution in [1.82, 2.24) is 4.90 Å². The fraction of sp³-hybridized carbons (Fsp3) is 0.350. The topological polar surface area (TPSA) is 29.5 Å². The highest BCUT2D eigenvalue weighted by Crippen LogP contribution is 2.37. The lowest BCUT2D eigenvalue weighted by molar-refractivity contribution is -0.0640. The monoisotopic (exact) mass is 309 g/mol. The molecule has 1 fully saturated rings. The summed E-state index contributed by atoms with van der Waals surface area (Å²) >= 11 is 0. The molecule has 1 heterocycles. The van der Waals surface area contributed by atoms with Gasteiger partial charge in [0, 0.05) is 32.3 Å². The smallest absolute Gasteiger partial charge is 0.150 e. The van der Waals surface area contributed by atoms with Gasteiger partial charge >= 0.3 is 0 Å². The summed E-state index contributed by atoms with van der Waals surface area (Å²) in [6.07, 6.45) is 2.74. The Morgan fingerprint density at radius 3 is 2.35 bits per heavy atom. The first-order valence-electron chi connectivity index (χ1n) is 8.13. The summed E-state index contributed by atoms with van der Waals surface area (Å²) in [6.45, 7) is 2.90. The molecule has 0 aromatic heterocycles. The van der Waals surface area contributed by atoms with Gasteiger partial charge in [0.15, 0.2) is 0 Å². The zero-order valence-electron chi connectivity index (χ0n) is 13.6. The number of aldehydes is 1. The third-order valence-electron chi connectivity index (χ3n) is 4.88. The molecule has 3 rings (SSSR count). The van der Waals surface area contributed by atoms with Crippen molar-refractivity contribution < 1.29 is 9.53 Å². The number of benzene rings is 2. The number of ether oxygens (including phenoxy) is 1.